The van der Waals surface area contributed by atoms with Crippen molar-refractivity contribution in [1.82, 2.24) is 0 Å². The average molecular weight is 269 g/mol. The van der Waals surface area contributed by atoms with Gasteiger partial charge in [0.05, 0.1) is 0 Å². The van der Waals surface area contributed by atoms with Crippen LogP contribution >= 0.6 is 0 Å². The van der Waals surface area contributed by atoms with Crippen LogP contribution in [0.3, 0.4) is 0 Å². The molecule has 2 aromatic carbocycles. The van der Waals surface area contributed by atoms with Crippen molar-refractivity contribution < 1.29 is 4.79 Å². The first kappa shape index (κ1) is 14.1. The summed E-state index contributed by atoms with van der Waals surface area (Å²) in [5, 5.41) is 2.86. The number of urea groups is 1. The molecule has 2 amide bonds. The predicted molar refractivity (Wildman–Crippen MR) is 82.9 cm³/mol. The molecular weight excluding hydrogens is 250 g/mol. The summed E-state index contributed by atoms with van der Waals surface area (Å²) in [6.07, 6.45) is 0. The summed E-state index contributed by atoms with van der Waals surface area (Å²) in [5.41, 5.74) is 9.37. The number of amides is 2. The minimum absolute atomic E-state index is 0.172. The molecule has 104 valence electrons. The molecular formula is C16H19N3O. The van der Waals surface area contributed by atoms with E-state index >= 15 is 0 Å². The Balaban J connectivity index is 2.05. The molecule has 2 rings (SSSR count). The first-order valence-electron chi connectivity index (χ1n) is 6.50. The summed E-state index contributed by atoms with van der Waals surface area (Å²) in [6.45, 7) is 2.51. The van der Waals surface area contributed by atoms with Crippen LogP contribution in [0.1, 0.15) is 11.1 Å². The largest absolute Gasteiger partial charge is 0.326 e. The summed E-state index contributed by atoms with van der Waals surface area (Å²) in [6, 6.07) is 15.1. The average Bonchev–Trinajstić information content (AvgIpc) is 2.49. The fourth-order valence-electron chi connectivity index (χ4n) is 1.82. The lowest BCUT2D eigenvalue weighted by Crippen LogP contribution is -2.31. The lowest BCUT2D eigenvalue weighted by molar-refractivity contribution is 0.258. The van der Waals surface area contributed by atoms with Crippen molar-refractivity contribution >= 4 is 17.4 Å². The van der Waals surface area contributed by atoms with E-state index in [1.54, 1.807) is 11.9 Å². The predicted octanol–water partition coefficient (Wildman–Crippen LogP) is 3.12. The van der Waals surface area contributed by atoms with Gasteiger partial charge in [0.25, 0.3) is 0 Å². The molecule has 0 heterocycles. The Bertz CT molecular complexity index is 576. The van der Waals surface area contributed by atoms with Gasteiger partial charge in [0.1, 0.15) is 0 Å². The van der Waals surface area contributed by atoms with E-state index in [1.807, 2.05) is 55.5 Å². The fourth-order valence-corrected chi connectivity index (χ4v) is 1.82. The molecule has 2 aromatic rings. The zero-order valence-electron chi connectivity index (χ0n) is 11.8. The van der Waals surface area contributed by atoms with Crippen LogP contribution in [0.5, 0.6) is 0 Å². The van der Waals surface area contributed by atoms with E-state index in [2.05, 4.69) is 5.32 Å². The molecule has 0 aliphatic carbocycles. The number of benzene rings is 2. The van der Waals surface area contributed by atoms with E-state index in [0.717, 1.165) is 22.5 Å². The molecule has 20 heavy (non-hydrogen) atoms. The monoisotopic (exact) mass is 269 g/mol. The lowest BCUT2D eigenvalue weighted by atomic mass is 10.2. The Labute approximate surface area is 119 Å². The normalized spacial score (nSPS) is 10.2. The maximum Gasteiger partial charge on any atom is 0.326 e. The highest BCUT2D eigenvalue weighted by Gasteiger charge is 2.10. The van der Waals surface area contributed by atoms with Crippen molar-refractivity contribution in [3.8, 4) is 0 Å². The van der Waals surface area contributed by atoms with Gasteiger partial charge in [-0.2, -0.15) is 0 Å². The van der Waals surface area contributed by atoms with Crippen LogP contribution in [0.4, 0.5) is 16.2 Å². The summed E-state index contributed by atoms with van der Waals surface area (Å²) in [7, 11) is 1.74. The molecule has 3 N–H and O–H groups in total. The zero-order valence-corrected chi connectivity index (χ0v) is 11.8. The third-order valence-electron chi connectivity index (χ3n) is 3.17. The van der Waals surface area contributed by atoms with Gasteiger partial charge in [-0.1, -0.05) is 29.8 Å². The van der Waals surface area contributed by atoms with Gasteiger partial charge in [-0.15, -0.1) is 0 Å². The number of nitrogens with zero attached hydrogens (tertiary/aromatic N) is 1. The number of carbonyl (C=O) groups excluding carboxylic acids is 1. The van der Waals surface area contributed by atoms with E-state index in [-0.39, 0.29) is 6.03 Å². The van der Waals surface area contributed by atoms with Gasteiger partial charge in [-0.3, -0.25) is 4.90 Å². The Kier molecular flexibility index (Phi) is 4.38. The van der Waals surface area contributed by atoms with Crippen molar-refractivity contribution in [2.24, 2.45) is 5.73 Å². The number of anilines is 2. The van der Waals surface area contributed by atoms with Crippen molar-refractivity contribution in [1.29, 1.82) is 0 Å². The topological polar surface area (TPSA) is 58.4 Å². The maximum absolute atomic E-state index is 12.1. The quantitative estimate of drug-likeness (QED) is 0.899. The van der Waals surface area contributed by atoms with Crippen LogP contribution in [-0.4, -0.2) is 13.1 Å². The van der Waals surface area contributed by atoms with Crippen molar-refractivity contribution in [3.05, 3.63) is 59.7 Å². The number of nitrogens with two attached hydrogens (primary N) is 1. The fraction of sp³-hybridized carbons (Fsp3) is 0.188. The Morgan fingerprint density at radius 3 is 2.25 bits per heavy atom. The molecule has 0 saturated carbocycles. The highest BCUT2D eigenvalue weighted by atomic mass is 16.2. The Hall–Kier alpha value is -2.33. The molecule has 0 bridgehead atoms. The molecule has 0 unspecified atom stereocenters. The van der Waals surface area contributed by atoms with Crippen LogP contribution in [-0.2, 0) is 6.54 Å². The maximum atomic E-state index is 12.1. The summed E-state index contributed by atoms with van der Waals surface area (Å²) < 4.78 is 0. The Morgan fingerprint density at radius 2 is 1.70 bits per heavy atom. The van der Waals surface area contributed by atoms with E-state index in [4.69, 9.17) is 5.73 Å². The lowest BCUT2D eigenvalue weighted by Gasteiger charge is -2.18. The second kappa shape index (κ2) is 6.21. The number of nitrogens with one attached hydrogen (secondary N) is 1. The SMILES string of the molecule is Cc1ccc(NC(=O)N(C)c2ccc(CN)cc2)cc1. The van der Waals surface area contributed by atoms with Gasteiger partial charge in [0, 0.05) is 25.0 Å². The van der Waals surface area contributed by atoms with E-state index in [0.29, 0.717) is 6.54 Å². The van der Waals surface area contributed by atoms with Crippen LogP contribution < -0.4 is 16.0 Å². The smallest absolute Gasteiger partial charge is 0.326 e. The molecule has 0 aliphatic rings. The van der Waals surface area contributed by atoms with Crippen molar-refractivity contribution in [3.63, 3.8) is 0 Å². The Morgan fingerprint density at radius 1 is 1.10 bits per heavy atom. The first-order chi connectivity index (χ1) is 9.60. The molecule has 0 saturated heterocycles. The van der Waals surface area contributed by atoms with Gasteiger partial charge < -0.3 is 11.1 Å². The first-order valence-corrected chi connectivity index (χ1v) is 6.50. The van der Waals surface area contributed by atoms with Crippen LogP contribution in [0.25, 0.3) is 0 Å². The van der Waals surface area contributed by atoms with Gasteiger partial charge in [0.15, 0.2) is 0 Å². The molecule has 4 nitrogen and oxygen atoms in total. The zero-order chi connectivity index (χ0) is 14.5. The van der Waals surface area contributed by atoms with E-state index in [1.165, 1.54) is 0 Å². The van der Waals surface area contributed by atoms with Gasteiger partial charge in [-0.05, 0) is 36.8 Å². The van der Waals surface area contributed by atoms with Gasteiger partial charge in [-0.25, -0.2) is 4.79 Å². The molecule has 0 aromatic heterocycles. The summed E-state index contributed by atoms with van der Waals surface area (Å²) >= 11 is 0. The number of rotatable bonds is 3. The minimum Gasteiger partial charge on any atom is -0.326 e. The van der Waals surface area contributed by atoms with E-state index < -0.39 is 0 Å². The number of hydrogen-bond donors (Lipinski definition) is 2. The van der Waals surface area contributed by atoms with Crippen molar-refractivity contribution in [2.45, 2.75) is 13.5 Å². The standard InChI is InChI=1S/C16H19N3O/c1-12-3-7-14(8-4-12)18-16(20)19(2)15-9-5-13(11-17)6-10-15/h3-10H,11,17H2,1-2H3,(H,18,20). The number of aryl methyl sites for hydroxylation is 1. The molecule has 0 fully saturated rings. The van der Waals surface area contributed by atoms with E-state index in [9.17, 15) is 4.79 Å². The third kappa shape index (κ3) is 3.36. The molecule has 0 aliphatic heterocycles. The summed E-state index contributed by atoms with van der Waals surface area (Å²) in [5.74, 6) is 0. The second-order valence-corrected chi connectivity index (χ2v) is 4.73. The third-order valence-corrected chi connectivity index (χ3v) is 3.17. The van der Waals surface area contributed by atoms with Crippen molar-refractivity contribution in [2.75, 3.05) is 17.3 Å². The van der Waals surface area contributed by atoms with Crippen LogP contribution in [0.2, 0.25) is 0 Å². The summed E-state index contributed by atoms with van der Waals surface area (Å²) in [4.78, 5) is 13.7. The highest BCUT2D eigenvalue weighted by molar-refractivity contribution is 6.01. The van der Waals surface area contributed by atoms with Gasteiger partial charge >= 0.3 is 6.03 Å². The minimum atomic E-state index is -0.172. The number of carbonyl (C=O) groups is 1. The second-order valence-electron chi connectivity index (χ2n) is 4.73. The molecule has 0 atom stereocenters. The molecule has 0 radical (unpaired) electrons. The highest BCUT2D eigenvalue weighted by Crippen LogP contribution is 2.16. The van der Waals surface area contributed by atoms with Gasteiger partial charge in [0.2, 0.25) is 0 Å². The van der Waals surface area contributed by atoms with Crippen LogP contribution in [0, 0.1) is 6.92 Å². The van der Waals surface area contributed by atoms with Crippen LogP contribution in [0.15, 0.2) is 48.5 Å². The number of hydrogen-bond acceptors (Lipinski definition) is 2. The molecule has 0 spiro atoms. The molecule has 4 heteroatoms.